The minimum absolute atomic E-state index is 0.320. The molecule has 0 unspecified atom stereocenters. The van der Waals surface area contributed by atoms with Gasteiger partial charge in [-0.3, -0.25) is 0 Å². The second kappa shape index (κ2) is 5.16. The highest BCUT2D eigenvalue weighted by atomic mass is 16.5. The number of nitriles is 1. The van der Waals surface area contributed by atoms with Crippen molar-refractivity contribution in [2.24, 2.45) is 0 Å². The standard InChI is InChI=1S/C12H13NO2/c1-9-8-10(4-3-7-13)5-6-11(9)12(14)15-2/h5-6,8H,3-4H2,1-2H3. The third-order valence-electron chi connectivity index (χ3n) is 2.22. The van der Waals surface area contributed by atoms with Gasteiger partial charge in [0.2, 0.25) is 0 Å². The second-order valence-electron chi connectivity index (χ2n) is 3.30. The number of carbonyl (C=O) groups excluding carboxylic acids is 1. The molecule has 0 fully saturated rings. The van der Waals surface area contributed by atoms with E-state index in [1.54, 1.807) is 6.07 Å². The van der Waals surface area contributed by atoms with E-state index in [9.17, 15) is 4.79 Å². The number of hydrogen-bond donors (Lipinski definition) is 0. The molecule has 0 atom stereocenters. The number of nitrogens with zero attached hydrogens (tertiary/aromatic N) is 1. The van der Waals surface area contributed by atoms with Crippen LogP contribution in [0.3, 0.4) is 0 Å². The quantitative estimate of drug-likeness (QED) is 0.708. The lowest BCUT2D eigenvalue weighted by atomic mass is 10.0. The number of carbonyl (C=O) groups is 1. The van der Waals surface area contributed by atoms with E-state index in [0.717, 1.165) is 17.5 Å². The van der Waals surface area contributed by atoms with E-state index in [4.69, 9.17) is 5.26 Å². The molecule has 0 heterocycles. The third kappa shape index (κ3) is 2.81. The molecular weight excluding hydrogens is 190 g/mol. The average molecular weight is 203 g/mol. The van der Waals surface area contributed by atoms with Crippen molar-refractivity contribution >= 4 is 5.97 Å². The molecule has 0 aliphatic heterocycles. The zero-order valence-electron chi connectivity index (χ0n) is 8.91. The molecule has 0 saturated heterocycles. The molecular formula is C12H13NO2. The Morgan fingerprint density at radius 2 is 2.27 bits per heavy atom. The van der Waals surface area contributed by atoms with Crippen LogP contribution in [0.1, 0.15) is 27.9 Å². The first kappa shape index (κ1) is 11.3. The number of ether oxygens (including phenoxy) is 1. The molecule has 3 heteroatoms. The Morgan fingerprint density at radius 1 is 1.53 bits per heavy atom. The van der Waals surface area contributed by atoms with Crippen LogP contribution in [0.15, 0.2) is 18.2 Å². The summed E-state index contributed by atoms with van der Waals surface area (Å²) in [6, 6.07) is 7.61. The Morgan fingerprint density at radius 3 is 2.80 bits per heavy atom. The summed E-state index contributed by atoms with van der Waals surface area (Å²) >= 11 is 0. The summed E-state index contributed by atoms with van der Waals surface area (Å²) in [4.78, 5) is 11.3. The fourth-order valence-corrected chi connectivity index (χ4v) is 1.42. The van der Waals surface area contributed by atoms with E-state index in [0.29, 0.717) is 12.0 Å². The number of benzene rings is 1. The molecule has 0 N–H and O–H groups in total. The smallest absolute Gasteiger partial charge is 0.338 e. The molecule has 0 aromatic heterocycles. The molecule has 15 heavy (non-hydrogen) atoms. The molecule has 1 aromatic carbocycles. The predicted molar refractivity (Wildman–Crippen MR) is 56.5 cm³/mol. The molecule has 78 valence electrons. The highest BCUT2D eigenvalue weighted by molar-refractivity contribution is 5.90. The Bertz CT molecular complexity index is 405. The molecule has 0 aliphatic carbocycles. The Hall–Kier alpha value is -1.82. The van der Waals surface area contributed by atoms with Crippen molar-refractivity contribution in [3.63, 3.8) is 0 Å². The van der Waals surface area contributed by atoms with Crippen molar-refractivity contribution in [2.45, 2.75) is 19.8 Å². The SMILES string of the molecule is COC(=O)c1ccc(CCC#N)cc1C. The molecule has 1 rings (SSSR count). The monoisotopic (exact) mass is 203 g/mol. The van der Waals surface area contributed by atoms with E-state index in [1.165, 1.54) is 7.11 Å². The Balaban J connectivity index is 2.89. The van der Waals surface area contributed by atoms with Crippen LogP contribution < -0.4 is 0 Å². The van der Waals surface area contributed by atoms with Crippen LogP contribution in [-0.4, -0.2) is 13.1 Å². The van der Waals surface area contributed by atoms with Gasteiger partial charge >= 0.3 is 5.97 Å². The second-order valence-corrected chi connectivity index (χ2v) is 3.30. The van der Waals surface area contributed by atoms with Crippen LogP contribution in [0.25, 0.3) is 0 Å². The van der Waals surface area contributed by atoms with E-state index >= 15 is 0 Å². The fraction of sp³-hybridized carbons (Fsp3) is 0.333. The fourth-order valence-electron chi connectivity index (χ4n) is 1.42. The lowest BCUT2D eigenvalue weighted by Crippen LogP contribution is -2.04. The van der Waals surface area contributed by atoms with Gasteiger partial charge in [0.25, 0.3) is 0 Å². The molecule has 0 aliphatic rings. The van der Waals surface area contributed by atoms with Crippen molar-refractivity contribution in [1.29, 1.82) is 5.26 Å². The van der Waals surface area contributed by atoms with Gasteiger partial charge in [0.05, 0.1) is 18.7 Å². The molecule has 0 spiro atoms. The Labute approximate surface area is 89.3 Å². The topological polar surface area (TPSA) is 50.1 Å². The van der Waals surface area contributed by atoms with Gasteiger partial charge in [0.15, 0.2) is 0 Å². The third-order valence-corrected chi connectivity index (χ3v) is 2.22. The highest BCUT2D eigenvalue weighted by Crippen LogP contribution is 2.13. The molecule has 3 nitrogen and oxygen atoms in total. The van der Waals surface area contributed by atoms with Gasteiger partial charge in [0, 0.05) is 6.42 Å². The van der Waals surface area contributed by atoms with E-state index in [-0.39, 0.29) is 5.97 Å². The maximum atomic E-state index is 11.3. The van der Waals surface area contributed by atoms with Crippen LogP contribution in [0, 0.1) is 18.3 Å². The summed E-state index contributed by atoms with van der Waals surface area (Å²) in [5.74, 6) is -0.320. The molecule has 1 aromatic rings. The molecule has 0 radical (unpaired) electrons. The number of hydrogen-bond acceptors (Lipinski definition) is 3. The van der Waals surface area contributed by atoms with E-state index in [2.05, 4.69) is 10.8 Å². The molecule has 0 bridgehead atoms. The minimum Gasteiger partial charge on any atom is -0.465 e. The van der Waals surface area contributed by atoms with Crippen LogP contribution in [0.5, 0.6) is 0 Å². The highest BCUT2D eigenvalue weighted by Gasteiger charge is 2.08. The maximum Gasteiger partial charge on any atom is 0.338 e. The van der Waals surface area contributed by atoms with Crippen LogP contribution in [0.4, 0.5) is 0 Å². The summed E-state index contributed by atoms with van der Waals surface area (Å²) < 4.78 is 4.65. The van der Waals surface area contributed by atoms with Crippen molar-refractivity contribution in [2.75, 3.05) is 7.11 Å². The van der Waals surface area contributed by atoms with Gasteiger partial charge < -0.3 is 4.74 Å². The first-order valence-electron chi connectivity index (χ1n) is 4.74. The van der Waals surface area contributed by atoms with Gasteiger partial charge in [-0.2, -0.15) is 5.26 Å². The summed E-state index contributed by atoms with van der Waals surface area (Å²) in [5, 5.41) is 8.45. The first-order chi connectivity index (χ1) is 7.19. The first-order valence-corrected chi connectivity index (χ1v) is 4.74. The van der Waals surface area contributed by atoms with Gasteiger partial charge in [-0.05, 0) is 30.5 Å². The summed E-state index contributed by atoms with van der Waals surface area (Å²) in [6.45, 7) is 1.86. The Kier molecular flexibility index (Phi) is 3.87. The van der Waals surface area contributed by atoms with Gasteiger partial charge in [-0.25, -0.2) is 4.79 Å². The van der Waals surface area contributed by atoms with E-state index < -0.39 is 0 Å². The summed E-state index contributed by atoms with van der Waals surface area (Å²) in [6.07, 6.45) is 1.22. The largest absolute Gasteiger partial charge is 0.465 e. The number of rotatable bonds is 3. The van der Waals surface area contributed by atoms with Crippen molar-refractivity contribution < 1.29 is 9.53 Å². The van der Waals surface area contributed by atoms with Crippen molar-refractivity contribution in [1.82, 2.24) is 0 Å². The van der Waals surface area contributed by atoms with Crippen LogP contribution >= 0.6 is 0 Å². The normalized spacial score (nSPS) is 9.40. The molecule has 0 saturated carbocycles. The predicted octanol–water partition coefficient (Wildman–Crippen LogP) is 2.24. The lowest BCUT2D eigenvalue weighted by molar-refractivity contribution is 0.0600. The van der Waals surface area contributed by atoms with E-state index in [1.807, 2.05) is 19.1 Å². The lowest BCUT2D eigenvalue weighted by Gasteiger charge is -2.05. The summed E-state index contributed by atoms with van der Waals surface area (Å²) in [5.41, 5.74) is 2.54. The van der Waals surface area contributed by atoms with Gasteiger partial charge in [0.1, 0.15) is 0 Å². The van der Waals surface area contributed by atoms with Gasteiger partial charge in [-0.15, -0.1) is 0 Å². The maximum absolute atomic E-state index is 11.3. The number of methoxy groups -OCH3 is 1. The van der Waals surface area contributed by atoms with Gasteiger partial charge in [-0.1, -0.05) is 12.1 Å². The van der Waals surface area contributed by atoms with Crippen molar-refractivity contribution in [3.05, 3.63) is 34.9 Å². The van der Waals surface area contributed by atoms with Crippen LogP contribution in [-0.2, 0) is 11.2 Å². The summed E-state index contributed by atoms with van der Waals surface area (Å²) in [7, 11) is 1.37. The average Bonchev–Trinajstić information content (AvgIpc) is 2.25. The molecule has 0 amide bonds. The zero-order chi connectivity index (χ0) is 11.3. The minimum atomic E-state index is -0.320. The van der Waals surface area contributed by atoms with Crippen molar-refractivity contribution in [3.8, 4) is 6.07 Å². The zero-order valence-corrected chi connectivity index (χ0v) is 8.91. The van der Waals surface area contributed by atoms with Crippen LogP contribution in [0.2, 0.25) is 0 Å². The number of aryl methyl sites for hydroxylation is 2. The number of esters is 1.